The van der Waals surface area contributed by atoms with Gasteiger partial charge in [0.15, 0.2) is 0 Å². The summed E-state index contributed by atoms with van der Waals surface area (Å²) in [7, 11) is 0. The van der Waals surface area contributed by atoms with Gasteiger partial charge in [0.25, 0.3) is 0 Å². The van der Waals surface area contributed by atoms with Crippen LogP contribution in [0, 0.1) is 5.82 Å². The van der Waals surface area contributed by atoms with Crippen molar-refractivity contribution >= 4 is 5.69 Å². The van der Waals surface area contributed by atoms with Gasteiger partial charge in [0, 0.05) is 43.5 Å². The van der Waals surface area contributed by atoms with Gasteiger partial charge in [-0.25, -0.2) is 4.39 Å². The Morgan fingerprint density at radius 1 is 1.05 bits per heavy atom. The number of piperazine rings is 1. The van der Waals surface area contributed by atoms with Gasteiger partial charge in [0.1, 0.15) is 18.2 Å². The maximum atomic E-state index is 13.6. The van der Waals surface area contributed by atoms with Crippen molar-refractivity contribution in [3.8, 4) is 5.75 Å². The second-order valence-electron chi connectivity index (χ2n) is 5.11. The van der Waals surface area contributed by atoms with Crippen LogP contribution in [-0.2, 0) is 6.61 Å². The van der Waals surface area contributed by atoms with E-state index in [1.54, 1.807) is 12.1 Å². The summed E-state index contributed by atoms with van der Waals surface area (Å²) in [5.41, 5.74) is 1.73. The Labute approximate surface area is 124 Å². The molecule has 1 fully saturated rings. The normalized spacial score (nSPS) is 15.0. The van der Waals surface area contributed by atoms with E-state index in [1.165, 1.54) is 6.07 Å². The van der Waals surface area contributed by atoms with Crippen LogP contribution in [-0.4, -0.2) is 26.2 Å². The maximum Gasteiger partial charge on any atom is 0.129 e. The van der Waals surface area contributed by atoms with E-state index in [1.807, 2.05) is 24.3 Å². The quantitative estimate of drug-likeness (QED) is 0.935. The Morgan fingerprint density at radius 2 is 1.86 bits per heavy atom. The van der Waals surface area contributed by atoms with Crippen molar-refractivity contribution in [3.63, 3.8) is 0 Å². The number of benzene rings is 2. The molecule has 0 spiro atoms. The SMILES string of the molecule is Fc1ccccc1COc1cccc(N2CCNCC2)c1. The first kappa shape index (κ1) is 13.9. The summed E-state index contributed by atoms with van der Waals surface area (Å²) in [6, 6.07) is 14.7. The molecule has 1 N–H and O–H groups in total. The molecule has 1 saturated heterocycles. The zero-order chi connectivity index (χ0) is 14.5. The summed E-state index contributed by atoms with van der Waals surface area (Å²) in [5, 5.41) is 3.34. The molecule has 0 radical (unpaired) electrons. The fourth-order valence-corrected chi connectivity index (χ4v) is 2.47. The molecule has 2 aromatic rings. The topological polar surface area (TPSA) is 24.5 Å². The number of nitrogens with one attached hydrogen (secondary N) is 1. The van der Waals surface area contributed by atoms with Crippen molar-refractivity contribution in [1.29, 1.82) is 0 Å². The summed E-state index contributed by atoms with van der Waals surface area (Å²) in [6.07, 6.45) is 0. The van der Waals surface area contributed by atoms with Gasteiger partial charge in [-0.2, -0.15) is 0 Å². The Bertz CT molecular complexity index is 597. The first-order chi connectivity index (χ1) is 10.3. The maximum absolute atomic E-state index is 13.6. The van der Waals surface area contributed by atoms with Crippen LogP contribution in [0.15, 0.2) is 48.5 Å². The molecule has 0 atom stereocenters. The van der Waals surface area contributed by atoms with Gasteiger partial charge < -0.3 is 15.0 Å². The molecule has 4 heteroatoms. The molecular weight excluding hydrogens is 267 g/mol. The molecule has 0 amide bonds. The Balaban J connectivity index is 1.67. The third kappa shape index (κ3) is 3.52. The molecule has 3 nitrogen and oxygen atoms in total. The number of halogens is 1. The van der Waals surface area contributed by atoms with Gasteiger partial charge in [0.2, 0.25) is 0 Å². The molecule has 3 rings (SSSR count). The summed E-state index contributed by atoms with van der Waals surface area (Å²) < 4.78 is 19.3. The molecule has 0 bridgehead atoms. The van der Waals surface area contributed by atoms with E-state index >= 15 is 0 Å². The second-order valence-corrected chi connectivity index (χ2v) is 5.11. The molecule has 0 aromatic heterocycles. The van der Waals surface area contributed by atoms with Gasteiger partial charge in [0.05, 0.1) is 0 Å². The van der Waals surface area contributed by atoms with Crippen LogP contribution < -0.4 is 15.0 Å². The average Bonchev–Trinajstić information content (AvgIpc) is 2.55. The summed E-state index contributed by atoms with van der Waals surface area (Å²) >= 11 is 0. The van der Waals surface area contributed by atoms with E-state index in [-0.39, 0.29) is 12.4 Å². The van der Waals surface area contributed by atoms with Crippen LogP contribution in [0.5, 0.6) is 5.75 Å². The summed E-state index contributed by atoms with van der Waals surface area (Å²) in [4.78, 5) is 2.33. The lowest BCUT2D eigenvalue weighted by atomic mass is 10.2. The second kappa shape index (κ2) is 6.59. The van der Waals surface area contributed by atoms with Crippen molar-refractivity contribution in [3.05, 3.63) is 59.9 Å². The average molecular weight is 286 g/mol. The molecular formula is C17H19FN2O. The highest BCUT2D eigenvalue weighted by Gasteiger charge is 2.11. The molecule has 1 aliphatic rings. The van der Waals surface area contributed by atoms with E-state index in [0.29, 0.717) is 5.56 Å². The minimum absolute atomic E-state index is 0.226. The Hall–Kier alpha value is -2.07. The van der Waals surface area contributed by atoms with Crippen molar-refractivity contribution in [2.75, 3.05) is 31.1 Å². The number of nitrogens with zero attached hydrogens (tertiary/aromatic N) is 1. The predicted octanol–water partition coefficient (Wildman–Crippen LogP) is 2.81. The predicted molar refractivity (Wildman–Crippen MR) is 82.3 cm³/mol. The molecule has 2 aromatic carbocycles. The number of ether oxygens (including phenoxy) is 1. The van der Waals surface area contributed by atoms with Crippen LogP contribution in [0.25, 0.3) is 0 Å². The van der Waals surface area contributed by atoms with Gasteiger partial charge in [-0.05, 0) is 18.2 Å². The highest BCUT2D eigenvalue weighted by Crippen LogP contribution is 2.22. The van der Waals surface area contributed by atoms with Crippen LogP contribution in [0.2, 0.25) is 0 Å². The van der Waals surface area contributed by atoms with Crippen LogP contribution in [0.4, 0.5) is 10.1 Å². The van der Waals surface area contributed by atoms with Crippen molar-refractivity contribution in [2.45, 2.75) is 6.61 Å². The van der Waals surface area contributed by atoms with Crippen molar-refractivity contribution in [1.82, 2.24) is 5.32 Å². The minimum atomic E-state index is -0.226. The first-order valence-corrected chi connectivity index (χ1v) is 7.25. The number of hydrogen-bond acceptors (Lipinski definition) is 3. The molecule has 1 heterocycles. The number of anilines is 1. The fraction of sp³-hybridized carbons (Fsp3) is 0.294. The highest BCUT2D eigenvalue weighted by molar-refractivity contribution is 5.51. The van der Waals surface area contributed by atoms with Crippen LogP contribution in [0.1, 0.15) is 5.56 Å². The standard InChI is InChI=1S/C17H19FN2O/c18-17-7-2-1-4-14(17)13-21-16-6-3-5-15(12-16)20-10-8-19-9-11-20/h1-7,12,19H,8-11,13H2. The van der Waals surface area contributed by atoms with Gasteiger partial charge in [-0.1, -0.05) is 24.3 Å². The third-order valence-corrected chi connectivity index (χ3v) is 3.65. The lowest BCUT2D eigenvalue weighted by molar-refractivity contribution is 0.300. The van der Waals surface area contributed by atoms with E-state index in [4.69, 9.17) is 4.74 Å². The van der Waals surface area contributed by atoms with E-state index < -0.39 is 0 Å². The monoisotopic (exact) mass is 286 g/mol. The zero-order valence-corrected chi connectivity index (χ0v) is 11.9. The summed E-state index contributed by atoms with van der Waals surface area (Å²) in [6.45, 7) is 4.24. The highest BCUT2D eigenvalue weighted by atomic mass is 19.1. The molecule has 110 valence electrons. The van der Waals surface area contributed by atoms with E-state index in [0.717, 1.165) is 37.6 Å². The van der Waals surface area contributed by atoms with Crippen molar-refractivity contribution < 1.29 is 9.13 Å². The largest absolute Gasteiger partial charge is 0.489 e. The lowest BCUT2D eigenvalue weighted by Crippen LogP contribution is -2.43. The minimum Gasteiger partial charge on any atom is -0.489 e. The lowest BCUT2D eigenvalue weighted by Gasteiger charge is -2.29. The van der Waals surface area contributed by atoms with Gasteiger partial charge in [-0.3, -0.25) is 0 Å². The van der Waals surface area contributed by atoms with Crippen LogP contribution >= 0.6 is 0 Å². The molecule has 0 aliphatic carbocycles. The molecule has 1 aliphatic heterocycles. The Morgan fingerprint density at radius 3 is 2.67 bits per heavy atom. The van der Waals surface area contributed by atoms with E-state index in [9.17, 15) is 4.39 Å². The first-order valence-electron chi connectivity index (χ1n) is 7.25. The van der Waals surface area contributed by atoms with Gasteiger partial charge in [-0.15, -0.1) is 0 Å². The van der Waals surface area contributed by atoms with E-state index in [2.05, 4.69) is 16.3 Å². The molecule has 0 unspecified atom stereocenters. The molecule has 0 saturated carbocycles. The smallest absolute Gasteiger partial charge is 0.129 e. The third-order valence-electron chi connectivity index (χ3n) is 3.65. The number of hydrogen-bond donors (Lipinski definition) is 1. The molecule has 21 heavy (non-hydrogen) atoms. The Kier molecular flexibility index (Phi) is 4.36. The fourth-order valence-electron chi connectivity index (χ4n) is 2.47. The summed E-state index contributed by atoms with van der Waals surface area (Å²) in [5.74, 6) is 0.546. The zero-order valence-electron chi connectivity index (χ0n) is 11.9. The van der Waals surface area contributed by atoms with Crippen LogP contribution in [0.3, 0.4) is 0 Å². The van der Waals surface area contributed by atoms with Crippen molar-refractivity contribution in [2.24, 2.45) is 0 Å². The van der Waals surface area contributed by atoms with Gasteiger partial charge >= 0.3 is 0 Å². The number of rotatable bonds is 4.